The van der Waals surface area contributed by atoms with E-state index < -0.39 is 0 Å². The Morgan fingerprint density at radius 3 is 2.52 bits per heavy atom. The highest BCUT2D eigenvalue weighted by Crippen LogP contribution is 2.25. The van der Waals surface area contributed by atoms with E-state index in [9.17, 15) is 0 Å². The van der Waals surface area contributed by atoms with Crippen molar-refractivity contribution in [2.75, 3.05) is 11.4 Å². The number of para-hydroxylation sites is 1. The van der Waals surface area contributed by atoms with Crippen LogP contribution in [0.4, 0.5) is 5.82 Å². The lowest BCUT2D eigenvalue weighted by molar-refractivity contribution is 0.560. The fraction of sp³-hybridized carbons (Fsp3) is 0.150. The highest BCUT2D eigenvalue weighted by molar-refractivity contribution is 5.80. The lowest BCUT2D eigenvalue weighted by Gasteiger charge is -2.29. The van der Waals surface area contributed by atoms with Crippen molar-refractivity contribution in [2.45, 2.75) is 13.1 Å². The summed E-state index contributed by atoms with van der Waals surface area (Å²) in [6.07, 6.45) is 0. The number of anilines is 1. The van der Waals surface area contributed by atoms with Gasteiger partial charge in [-0.15, -0.1) is 10.2 Å². The minimum absolute atomic E-state index is 0.727. The summed E-state index contributed by atoms with van der Waals surface area (Å²) in [7, 11) is 0. The van der Waals surface area contributed by atoms with Crippen LogP contribution in [0, 0.1) is 0 Å². The van der Waals surface area contributed by atoms with Gasteiger partial charge in [-0.3, -0.25) is 0 Å². The van der Waals surface area contributed by atoms with Gasteiger partial charge in [0.15, 0.2) is 11.6 Å². The highest BCUT2D eigenvalue weighted by Gasteiger charge is 2.22. The van der Waals surface area contributed by atoms with Crippen LogP contribution in [-0.2, 0) is 13.1 Å². The van der Waals surface area contributed by atoms with Gasteiger partial charge in [0, 0.05) is 24.0 Å². The second kappa shape index (κ2) is 5.70. The van der Waals surface area contributed by atoms with Crippen molar-refractivity contribution in [1.82, 2.24) is 19.7 Å². The van der Waals surface area contributed by atoms with Crippen LogP contribution in [0.2, 0.25) is 0 Å². The quantitative estimate of drug-likeness (QED) is 0.565. The maximum atomic E-state index is 4.81. The van der Waals surface area contributed by atoms with Gasteiger partial charge in [0.2, 0.25) is 0 Å². The van der Waals surface area contributed by atoms with Crippen molar-refractivity contribution in [1.29, 1.82) is 0 Å². The number of rotatable bonds is 2. The second-order valence-corrected chi connectivity index (χ2v) is 6.24. The van der Waals surface area contributed by atoms with Crippen LogP contribution in [0.1, 0.15) is 5.82 Å². The van der Waals surface area contributed by atoms with E-state index in [1.165, 1.54) is 0 Å². The van der Waals surface area contributed by atoms with Gasteiger partial charge in [-0.25, -0.2) is 4.98 Å². The summed E-state index contributed by atoms with van der Waals surface area (Å²) in [5.41, 5.74) is 2.13. The SMILES string of the molecule is c1ccc(-c2nnc3n2CCN(c2ccc4ccccc4n2)C3)cc1. The molecule has 0 unspecified atom stereocenters. The molecule has 4 aromatic rings. The Labute approximate surface area is 145 Å². The van der Waals surface area contributed by atoms with Crippen LogP contribution in [0.15, 0.2) is 66.7 Å². The van der Waals surface area contributed by atoms with Crippen LogP contribution >= 0.6 is 0 Å². The summed E-state index contributed by atoms with van der Waals surface area (Å²) in [5, 5.41) is 9.99. The normalized spacial score (nSPS) is 13.8. The molecule has 0 N–H and O–H groups in total. The van der Waals surface area contributed by atoms with Gasteiger partial charge in [-0.2, -0.15) is 0 Å². The molecule has 5 heteroatoms. The Morgan fingerprint density at radius 1 is 0.760 bits per heavy atom. The van der Waals surface area contributed by atoms with Crippen molar-refractivity contribution in [2.24, 2.45) is 0 Å². The first-order valence-electron chi connectivity index (χ1n) is 8.47. The predicted octanol–water partition coefficient (Wildman–Crippen LogP) is 3.51. The molecule has 25 heavy (non-hydrogen) atoms. The zero-order valence-corrected chi connectivity index (χ0v) is 13.7. The first kappa shape index (κ1) is 14.2. The molecular weight excluding hydrogens is 310 g/mol. The molecule has 122 valence electrons. The van der Waals surface area contributed by atoms with Gasteiger partial charge in [-0.05, 0) is 18.2 Å². The van der Waals surface area contributed by atoms with E-state index in [0.717, 1.165) is 53.6 Å². The van der Waals surface area contributed by atoms with E-state index in [4.69, 9.17) is 4.98 Å². The number of pyridine rings is 1. The van der Waals surface area contributed by atoms with Crippen molar-refractivity contribution in [3.05, 3.63) is 72.6 Å². The molecule has 0 fully saturated rings. The Hall–Kier alpha value is -3.21. The number of fused-ring (bicyclic) bond motifs is 2. The Kier molecular flexibility index (Phi) is 3.23. The van der Waals surface area contributed by atoms with E-state index in [1.54, 1.807) is 0 Å². The Morgan fingerprint density at radius 2 is 1.60 bits per heavy atom. The number of benzene rings is 2. The molecular formula is C20H17N5. The topological polar surface area (TPSA) is 46.8 Å². The minimum atomic E-state index is 0.727. The fourth-order valence-electron chi connectivity index (χ4n) is 3.39. The van der Waals surface area contributed by atoms with Crippen molar-refractivity contribution >= 4 is 16.7 Å². The molecule has 0 bridgehead atoms. The third-order valence-electron chi connectivity index (χ3n) is 4.69. The molecule has 0 saturated carbocycles. The monoisotopic (exact) mass is 327 g/mol. The smallest absolute Gasteiger partial charge is 0.164 e. The second-order valence-electron chi connectivity index (χ2n) is 6.24. The predicted molar refractivity (Wildman–Crippen MR) is 98.3 cm³/mol. The standard InChI is InChI=1S/C20H17N5/c1-2-7-16(8-3-1)20-23-22-19-14-24(12-13-25(19)20)18-11-10-15-6-4-5-9-17(15)21-18/h1-11H,12-14H2. The summed E-state index contributed by atoms with van der Waals surface area (Å²) in [5.74, 6) is 2.93. The largest absolute Gasteiger partial charge is 0.347 e. The number of hydrogen-bond acceptors (Lipinski definition) is 4. The molecule has 0 atom stereocenters. The van der Waals surface area contributed by atoms with Gasteiger partial charge in [-0.1, -0.05) is 48.5 Å². The Balaban J connectivity index is 1.47. The maximum absolute atomic E-state index is 4.81. The summed E-state index contributed by atoms with van der Waals surface area (Å²) in [6, 6.07) is 22.7. The van der Waals surface area contributed by atoms with Crippen LogP contribution < -0.4 is 4.90 Å². The van der Waals surface area contributed by atoms with Crippen molar-refractivity contribution in [3.8, 4) is 11.4 Å². The van der Waals surface area contributed by atoms with Crippen LogP contribution in [0.3, 0.4) is 0 Å². The van der Waals surface area contributed by atoms with Gasteiger partial charge in [0.1, 0.15) is 5.82 Å². The van der Waals surface area contributed by atoms with Crippen LogP contribution in [0.25, 0.3) is 22.3 Å². The Bertz CT molecular complexity index is 1040. The summed E-state index contributed by atoms with van der Waals surface area (Å²) in [4.78, 5) is 7.07. The number of hydrogen-bond donors (Lipinski definition) is 0. The summed E-state index contributed by atoms with van der Waals surface area (Å²) in [6.45, 7) is 2.49. The molecule has 0 saturated heterocycles. The lowest BCUT2D eigenvalue weighted by atomic mass is 10.2. The van der Waals surface area contributed by atoms with E-state index in [1.807, 2.05) is 30.3 Å². The maximum Gasteiger partial charge on any atom is 0.164 e. The molecule has 0 aliphatic carbocycles. The molecule has 3 heterocycles. The molecule has 5 nitrogen and oxygen atoms in total. The van der Waals surface area contributed by atoms with Gasteiger partial charge in [0.05, 0.1) is 12.1 Å². The number of nitrogens with zero attached hydrogens (tertiary/aromatic N) is 5. The van der Waals surface area contributed by atoms with E-state index >= 15 is 0 Å². The average molecular weight is 327 g/mol. The lowest BCUT2D eigenvalue weighted by Crippen LogP contribution is -2.34. The first-order valence-corrected chi connectivity index (χ1v) is 8.47. The zero-order valence-electron chi connectivity index (χ0n) is 13.7. The van der Waals surface area contributed by atoms with Gasteiger partial charge >= 0.3 is 0 Å². The molecule has 2 aromatic heterocycles. The zero-order chi connectivity index (χ0) is 16.6. The molecule has 2 aromatic carbocycles. The van der Waals surface area contributed by atoms with E-state index in [0.29, 0.717) is 0 Å². The third-order valence-corrected chi connectivity index (χ3v) is 4.69. The van der Waals surface area contributed by atoms with E-state index in [2.05, 4.69) is 56.1 Å². The third kappa shape index (κ3) is 2.45. The fourth-order valence-corrected chi connectivity index (χ4v) is 3.39. The highest BCUT2D eigenvalue weighted by atomic mass is 15.3. The molecule has 0 radical (unpaired) electrons. The van der Waals surface area contributed by atoms with Crippen molar-refractivity contribution in [3.63, 3.8) is 0 Å². The van der Waals surface area contributed by atoms with Crippen LogP contribution in [-0.4, -0.2) is 26.3 Å². The molecule has 1 aliphatic rings. The van der Waals surface area contributed by atoms with Gasteiger partial charge in [0.25, 0.3) is 0 Å². The summed E-state index contributed by atoms with van der Waals surface area (Å²) >= 11 is 0. The molecule has 5 rings (SSSR count). The average Bonchev–Trinajstić information content (AvgIpc) is 3.11. The first-order chi connectivity index (χ1) is 12.4. The van der Waals surface area contributed by atoms with Crippen LogP contribution in [0.5, 0.6) is 0 Å². The summed E-state index contributed by atoms with van der Waals surface area (Å²) < 4.78 is 2.22. The molecule has 0 amide bonds. The minimum Gasteiger partial charge on any atom is -0.347 e. The van der Waals surface area contributed by atoms with Gasteiger partial charge < -0.3 is 9.47 Å². The molecule has 1 aliphatic heterocycles. The number of aromatic nitrogens is 4. The molecule has 0 spiro atoms. The van der Waals surface area contributed by atoms with E-state index in [-0.39, 0.29) is 0 Å². The van der Waals surface area contributed by atoms with Crippen molar-refractivity contribution < 1.29 is 0 Å².